The second-order valence-electron chi connectivity index (χ2n) is 4.00. The maximum atomic E-state index is 12.8. The first kappa shape index (κ1) is 12.3. The Kier molecular flexibility index (Phi) is 4.29. The largest absolute Gasteiger partial charge is 0.310 e. The highest BCUT2D eigenvalue weighted by Crippen LogP contribution is 2.20. The number of likely N-dealkylation sites (N-methyl/N-ethyl adjacent to an activating group) is 1. The third kappa shape index (κ3) is 3.38. The summed E-state index contributed by atoms with van der Waals surface area (Å²) in [5.41, 5.74) is 2.46. The zero-order chi connectivity index (χ0) is 12.1. The summed E-state index contributed by atoms with van der Waals surface area (Å²) in [4.78, 5) is 0. The van der Waals surface area contributed by atoms with Crippen LogP contribution in [-0.4, -0.2) is 6.54 Å². The van der Waals surface area contributed by atoms with Crippen LogP contribution >= 0.6 is 11.3 Å². The maximum absolute atomic E-state index is 12.8. The van der Waals surface area contributed by atoms with Crippen molar-refractivity contribution in [3.8, 4) is 0 Å². The molecule has 0 saturated carbocycles. The molecule has 0 amide bonds. The molecule has 1 aromatic heterocycles. The van der Waals surface area contributed by atoms with E-state index >= 15 is 0 Å². The van der Waals surface area contributed by atoms with E-state index in [1.165, 1.54) is 17.7 Å². The van der Waals surface area contributed by atoms with Gasteiger partial charge in [0.1, 0.15) is 5.82 Å². The number of hydrogen-bond donors (Lipinski definition) is 1. The minimum atomic E-state index is -0.177. The van der Waals surface area contributed by atoms with Crippen molar-refractivity contribution in [3.63, 3.8) is 0 Å². The Morgan fingerprint density at radius 3 is 2.59 bits per heavy atom. The molecule has 0 fully saturated rings. The van der Waals surface area contributed by atoms with Gasteiger partial charge in [0.05, 0.1) is 0 Å². The van der Waals surface area contributed by atoms with E-state index < -0.39 is 0 Å². The van der Waals surface area contributed by atoms with Crippen molar-refractivity contribution in [2.45, 2.75) is 19.4 Å². The molecule has 2 aromatic rings. The minimum absolute atomic E-state index is 0.177. The highest BCUT2D eigenvalue weighted by atomic mass is 32.1. The summed E-state index contributed by atoms with van der Waals surface area (Å²) in [6, 6.07) is 9.20. The van der Waals surface area contributed by atoms with E-state index in [1.807, 2.05) is 12.1 Å². The van der Waals surface area contributed by atoms with E-state index in [1.54, 1.807) is 11.3 Å². The van der Waals surface area contributed by atoms with Gasteiger partial charge in [0.2, 0.25) is 0 Å². The summed E-state index contributed by atoms with van der Waals surface area (Å²) in [6.07, 6.45) is 0.894. The fraction of sp³-hybridized carbons (Fsp3) is 0.286. The number of thiophene rings is 1. The number of rotatable bonds is 5. The summed E-state index contributed by atoms with van der Waals surface area (Å²) in [5, 5.41) is 7.71. The summed E-state index contributed by atoms with van der Waals surface area (Å²) in [6.45, 7) is 3.03. The van der Waals surface area contributed by atoms with Gasteiger partial charge >= 0.3 is 0 Å². The van der Waals surface area contributed by atoms with Crippen molar-refractivity contribution in [2.24, 2.45) is 0 Å². The molecule has 1 aromatic carbocycles. The average molecular weight is 249 g/mol. The molecular weight excluding hydrogens is 233 g/mol. The zero-order valence-electron chi connectivity index (χ0n) is 9.82. The molecule has 0 aliphatic carbocycles. The van der Waals surface area contributed by atoms with Crippen LogP contribution in [0.3, 0.4) is 0 Å². The van der Waals surface area contributed by atoms with Crippen LogP contribution in [0.4, 0.5) is 4.39 Å². The standard InChI is InChI=1S/C14H16FNS/c1-2-16-14(12-7-8-17-10-12)9-11-3-5-13(15)6-4-11/h3-8,10,14,16H,2,9H2,1H3. The first-order chi connectivity index (χ1) is 8.29. The lowest BCUT2D eigenvalue weighted by molar-refractivity contribution is 0.550. The predicted molar refractivity (Wildman–Crippen MR) is 70.8 cm³/mol. The van der Waals surface area contributed by atoms with Crippen LogP contribution in [0.2, 0.25) is 0 Å². The quantitative estimate of drug-likeness (QED) is 0.850. The topological polar surface area (TPSA) is 12.0 Å². The van der Waals surface area contributed by atoms with Gasteiger partial charge in [0.15, 0.2) is 0 Å². The smallest absolute Gasteiger partial charge is 0.123 e. The first-order valence-electron chi connectivity index (χ1n) is 5.79. The Labute approximate surface area is 105 Å². The number of nitrogens with one attached hydrogen (secondary N) is 1. The zero-order valence-corrected chi connectivity index (χ0v) is 10.6. The molecule has 0 aliphatic rings. The summed E-state index contributed by atoms with van der Waals surface area (Å²) >= 11 is 1.71. The van der Waals surface area contributed by atoms with Crippen molar-refractivity contribution >= 4 is 11.3 Å². The number of benzene rings is 1. The van der Waals surface area contributed by atoms with E-state index in [0.29, 0.717) is 6.04 Å². The van der Waals surface area contributed by atoms with Gasteiger partial charge in [0, 0.05) is 6.04 Å². The van der Waals surface area contributed by atoms with Crippen LogP contribution in [0.25, 0.3) is 0 Å². The van der Waals surface area contributed by atoms with Crippen LogP contribution in [0, 0.1) is 5.82 Å². The fourth-order valence-electron chi connectivity index (χ4n) is 1.88. The molecule has 90 valence electrons. The molecule has 2 rings (SSSR count). The SMILES string of the molecule is CCNC(Cc1ccc(F)cc1)c1ccsc1. The monoisotopic (exact) mass is 249 g/mol. The third-order valence-corrected chi connectivity index (χ3v) is 3.45. The van der Waals surface area contributed by atoms with E-state index in [0.717, 1.165) is 18.5 Å². The molecule has 3 heteroatoms. The van der Waals surface area contributed by atoms with Crippen LogP contribution < -0.4 is 5.32 Å². The second-order valence-corrected chi connectivity index (χ2v) is 4.78. The van der Waals surface area contributed by atoms with Gasteiger partial charge < -0.3 is 5.32 Å². The molecule has 0 bridgehead atoms. The van der Waals surface area contributed by atoms with Gasteiger partial charge in [-0.1, -0.05) is 19.1 Å². The van der Waals surface area contributed by atoms with Crippen LogP contribution in [0.1, 0.15) is 24.1 Å². The van der Waals surface area contributed by atoms with Crippen molar-refractivity contribution in [2.75, 3.05) is 6.54 Å². The minimum Gasteiger partial charge on any atom is -0.310 e. The Morgan fingerprint density at radius 2 is 2.00 bits per heavy atom. The molecular formula is C14H16FNS. The van der Waals surface area contributed by atoms with Gasteiger partial charge in [0.25, 0.3) is 0 Å². The van der Waals surface area contributed by atoms with Gasteiger partial charge in [-0.05, 0) is 53.1 Å². The Balaban J connectivity index is 2.10. The summed E-state index contributed by atoms with van der Waals surface area (Å²) < 4.78 is 12.8. The Hall–Kier alpha value is -1.19. The van der Waals surface area contributed by atoms with Crippen LogP contribution in [-0.2, 0) is 6.42 Å². The normalized spacial score (nSPS) is 12.6. The Bertz CT molecular complexity index is 436. The number of hydrogen-bond acceptors (Lipinski definition) is 2. The molecule has 17 heavy (non-hydrogen) atoms. The lowest BCUT2D eigenvalue weighted by Gasteiger charge is -2.16. The predicted octanol–water partition coefficient (Wildman–Crippen LogP) is 3.78. The van der Waals surface area contributed by atoms with Crippen molar-refractivity contribution in [1.82, 2.24) is 5.32 Å². The van der Waals surface area contributed by atoms with Gasteiger partial charge in [-0.2, -0.15) is 11.3 Å². The molecule has 1 atom stereocenters. The maximum Gasteiger partial charge on any atom is 0.123 e. The second kappa shape index (κ2) is 5.94. The molecule has 0 saturated heterocycles. The van der Waals surface area contributed by atoms with Gasteiger partial charge in [-0.25, -0.2) is 4.39 Å². The lowest BCUT2D eigenvalue weighted by Crippen LogP contribution is -2.22. The van der Waals surface area contributed by atoms with Crippen molar-refractivity contribution in [3.05, 3.63) is 58.0 Å². The van der Waals surface area contributed by atoms with E-state index in [4.69, 9.17) is 0 Å². The van der Waals surface area contributed by atoms with Crippen molar-refractivity contribution < 1.29 is 4.39 Å². The fourth-order valence-corrected chi connectivity index (χ4v) is 2.60. The molecule has 0 radical (unpaired) electrons. The highest BCUT2D eigenvalue weighted by Gasteiger charge is 2.11. The van der Waals surface area contributed by atoms with Gasteiger partial charge in [-0.15, -0.1) is 0 Å². The average Bonchev–Trinajstić information content (AvgIpc) is 2.85. The molecule has 1 unspecified atom stereocenters. The Morgan fingerprint density at radius 1 is 1.24 bits per heavy atom. The van der Waals surface area contributed by atoms with Crippen LogP contribution in [0.15, 0.2) is 41.1 Å². The van der Waals surface area contributed by atoms with E-state index in [2.05, 4.69) is 29.1 Å². The third-order valence-electron chi connectivity index (χ3n) is 2.75. The highest BCUT2D eigenvalue weighted by molar-refractivity contribution is 7.07. The van der Waals surface area contributed by atoms with Gasteiger partial charge in [-0.3, -0.25) is 0 Å². The molecule has 1 heterocycles. The summed E-state index contributed by atoms with van der Waals surface area (Å²) in [7, 11) is 0. The van der Waals surface area contributed by atoms with Crippen molar-refractivity contribution in [1.29, 1.82) is 0 Å². The lowest BCUT2D eigenvalue weighted by atomic mass is 10.0. The van der Waals surface area contributed by atoms with E-state index in [9.17, 15) is 4.39 Å². The van der Waals surface area contributed by atoms with E-state index in [-0.39, 0.29) is 5.82 Å². The number of halogens is 1. The molecule has 0 aliphatic heterocycles. The van der Waals surface area contributed by atoms with Crippen LogP contribution in [0.5, 0.6) is 0 Å². The first-order valence-corrected chi connectivity index (χ1v) is 6.74. The molecule has 0 spiro atoms. The molecule has 1 N–H and O–H groups in total. The molecule has 1 nitrogen and oxygen atoms in total. The summed E-state index contributed by atoms with van der Waals surface area (Å²) in [5.74, 6) is -0.177.